The number of amides is 1. The number of nitrogens with zero attached hydrogens (tertiary/aromatic N) is 1. The molecule has 8 heteroatoms. The van der Waals surface area contributed by atoms with Crippen molar-refractivity contribution in [2.24, 2.45) is 0 Å². The molecule has 1 saturated heterocycles. The minimum absolute atomic E-state index is 0.0869. The standard InChI is InChI=1S/C23H24N2O5S/c1-17(21-24-16-20(30-21)18-8-4-2-5-9-18)25-22(26)23(12-14-29-15-13-23)31(27,28)19-10-6-3-7-11-19/h2-11,16-17H,12-15H2,1H3,(H,25,26). The highest BCUT2D eigenvalue weighted by molar-refractivity contribution is 7.93. The number of hydrogen-bond donors (Lipinski definition) is 1. The third-order valence-electron chi connectivity index (χ3n) is 5.58. The first-order chi connectivity index (χ1) is 14.9. The number of carbonyl (C=O) groups excluding carboxylic acids is 1. The quantitative estimate of drug-likeness (QED) is 0.630. The van der Waals surface area contributed by atoms with Gasteiger partial charge in [-0.15, -0.1) is 0 Å². The first kappa shape index (κ1) is 21.3. The summed E-state index contributed by atoms with van der Waals surface area (Å²) in [6.45, 7) is 2.12. The summed E-state index contributed by atoms with van der Waals surface area (Å²) in [4.78, 5) is 17.8. The van der Waals surface area contributed by atoms with Crippen LogP contribution >= 0.6 is 0 Å². The third-order valence-corrected chi connectivity index (χ3v) is 8.10. The molecule has 0 saturated carbocycles. The van der Waals surface area contributed by atoms with E-state index >= 15 is 0 Å². The van der Waals surface area contributed by atoms with Crippen LogP contribution in [0.25, 0.3) is 11.3 Å². The zero-order valence-electron chi connectivity index (χ0n) is 17.2. The summed E-state index contributed by atoms with van der Waals surface area (Å²) in [5.74, 6) is 0.326. The van der Waals surface area contributed by atoms with Gasteiger partial charge in [-0.3, -0.25) is 4.79 Å². The smallest absolute Gasteiger partial charge is 0.242 e. The van der Waals surface area contributed by atoms with E-state index in [0.29, 0.717) is 11.7 Å². The van der Waals surface area contributed by atoms with Gasteiger partial charge in [0, 0.05) is 18.8 Å². The van der Waals surface area contributed by atoms with Crippen molar-refractivity contribution < 1.29 is 22.4 Å². The van der Waals surface area contributed by atoms with Crippen LogP contribution in [0.2, 0.25) is 0 Å². The lowest BCUT2D eigenvalue weighted by Gasteiger charge is -2.35. The molecule has 7 nitrogen and oxygen atoms in total. The highest BCUT2D eigenvalue weighted by Gasteiger charge is 2.52. The van der Waals surface area contributed by atoms with E-state index in [2.05, 4.69) is 10.3 Å². The van der Waals surface area contributed by atoms with E-state index in [1.165, 1.54) is 12.1 Å². The van der Waals surface area contributed by atoms with Gasteiger partial charge in [-0.05, 0) is 31.9 Å². The Balaban J connectivity index is 1.60. The number of oxazole rings is 1. The fourth-order valence-corrected chi connectivity index (χ4v) is 5.73. The first-order valence-electron chi connectivity index (χ1n) is 10.1. The zero-order chi connectivity index (χ0) is 21.9. The lowest BCUT2D eigenvalue weighted by atomic mass is 9.97. The summed E-state index contributed by atoms with van der Waals surface area (Å²) in [5.41, 5.74) is 0.868. The predicted molar refractivity (Wildman–Crippen MR) is 115 cm³/mol. The van der Waals surface area contributed by atoms with Gasteiger partial charge in [0.15, 0.2) is 20.3 Å². The Labute approximate surface area is 181 Å². The largest absolute Gasteiger partial charge is 0.438 e. The molecule has 0 aliphatic carbocycles. The Hall–Kier alpha value is -2.97. The Morgan fingerprint density at radius 3 is 2.29 bits per heavy atom. The fourth-order valence-electron chi connectivity index (χ4n) is 3.76. The fraction of sp³-hybridized carbons (Fsp3) is 0.304. The molecule has 1 aliphatic heterocycles. The topological polar surface area (TPSA) is 98.5 Å². The molecule has 0 bridgehead atoms. The van der Waals surface area contributed by atoms with Gasteiger partial charge in [0.1, 0.15) is 6.04 Å². The minimum Gasteiger partial charge on any atom is -0.438 e. The van der Waals surface area contributed by atoms with Gasteiger partial charge in [-0.2, -0.15) is 0 Å². The maximum absolute atomic E-state index is 13.5. The molecule has 3 aromatic rings. The Bertz CT molecular complexity index is 1140. The van der Waals surface area contributed by atoms with E-state index in [4.69, 9.17) is 9.15 Å². The van der Waals surface area contributed by atoms with Crippen LogP contribution in [0.3, 0.4) is 0 Å². The van der Waals surface area contributed by atoms with Gasteiger partial charge in [-0.25, -0.2) is 13.4 Å². The van der Waals surface area contributed by atoms with Crippen LogP contribution in [-0.2, 0) is 19.4 Å². The van der Waals surface area contributed by atoms with Gasteiger partial charge in [-0.1, -0.05) is 48.5 Å². The van der Waals surface area contributed by atoms with Gasteiger partial charge in [0.2, 0.25) is 11.8 Å². The third kappa shape index (κ3) is 4.00. The summed E-state index contributed by atoms with van der Waals surface area (Å²) < 4.78 is 36.6. The molecule has 1 amide bonds. The van der Waals surface area contributed by atoms with Crippen LogP contribution in [0.1, 0.15) is 31.7 Å². The van der Waals surface area contributed by atoms with Gasteiger partial charge < -0.3 is 14.5 Å². The first-order valence-corrected chi connectivity index (χ1v) is 11.6. The molecule has 2 aromatic carbocycles. The molecular formula is C23H24N2O5S. The van der Waals surface area contributed by atoms with E-state index < -0.39 is 26.5 Å². The van der Waals surface area contributed by atoms with Crippen molar-refractivity contribution >= 4 is 15.7 Å². The van der Waals surface area contributed by atoms with Crippen molar-refractivity contribution in [1.82, 2.24) is 10.3 Å². The van der Waals surface area contributed by atoms with E-state index in [9.17, 15) is 13.2 Å². The molecule has 1 aliphatic rings. The average molecular weight is 441 g/mol. The van der Waals surface area contributed by atoms with Crippen LogP contribution in [0.4, 0.5) is 0 Å². The van der Waals surface area contributed by atoms with Crippen LogP contribution < -0.4 is 5.32 Å². The molecule has 31 heavy (non-hydrogen) atoms. The second-order valence-corrected chi connectivity index (χ2v) is 9.81. The SMILES string of the molecule is CC(NC(=O)C1(S(=O)(=O)c2ccccc2)CCOCC1)c1ncc(-c2ccccc2)o1. The summed E-state index contributed by atoms with van der Waals surface area (Å²) in [5, 5.41) is 2.82. The number of rotatable bonds is 6. The average Bonchev–Trinajstić information content (AvgIpc) is 3.31. The summed E-state index contributed by atoms with van der Waals surface area (Å²) in [6, 6.07) is 17.0. The van der Waals surface area contributed by atoms with Crippen molar-refractivity contribution in [1.29, 1.82) is 0 Å². The molecule has 2 heterocycles. The minimum atomic E-state index is -3.93. The highest BCUT2D eigenvalue weighted by atomic mass is 32.2. The molecule has 1 fully saturated rings. The number of ether oxygens (including phenoxy) is 1. The van der Waals surface area contributed by atoms with Gasteiger partial charge in [0.05, 0.1) is 11.1 Å². The van der Waals surface area contributed by atoms with Crippen molar-refractivity contribution in [3.8, 4) is 11.3 Å². The maximum atomic E-state index is 13.5. The number of benzene rings is 2. The summed E-state index contributed by atoms with van der Waals surface area (Å²) in [6.07, 6.45) is 1.77. The van der Waals surface area contributed by atoms with Gasteiger partial charge in [0.25, 0.3) is 0 Å². The van der Waals surface area contributed by atoms with E-state index in [0.717, 1.165) is 5.56 Å². The Morgan fingerprint density at radius 1 is 1.03 bits per heavy atom. The summed E-state index contributed by atoms with van der Waals surface area (Å²) in [7, 11) is -3.93. The number of aromatic nitrogens is 1. The normalized spacial score (nSPS) is 17.1. The highest BCUT2D eigenvalue weighted by Crippen LogP contribution is 2.36. The van der Waals surface area contributed by atoms with E-state index in [1.54, 1.807) is 31.3 Å². The number of nitrogens with one attached hydrogen (secondary N) is 1. The lowest BCUT2D eigenvalue weighted by molar-refractivity contribution is -0.126. The van der Waals surface area contributed by atoms with E-state index in [-0.39, 0.29) is 31.0 Å². The Kier molecular flexibility index (Phi) is 5.93. The lowest BCUT2D eigenvalue weighted by Crippen LogP contribution is -2.55. The molecule has 1 unspecified atom stereocenters. The van der Waals surface area contributed by atoms with Crippen LogP contribution in [0.15, 0.2) is 76.2 Å². The molecule has 162 valence electrons. The van der Waals surface area contributed by atoms with Crippen LogP contribution in [-0.4, -0.2) is 37.3 Å². The zero-order valence-corrected chi connectivity index (χ0v) is 18.0. The predicted octanol–water partition coefficient (Wildman–Crippen LogP) is 3.54. The van der Waals surface area contributed by atoms with Crippen LogP contribution in [0.5, 0.6) is 0 Å². The maximum Gasteiger partial charge on any atom is 0.242 e. The van der Waals surface area contributed by atoms with E-state index in [1.807, 2.05) is 30.3 Å². The molecule has 4 rings (SSSR count). The van der Waals surface area contributed by atoms with Crippen molar-refractivity contribution in [3.05, 3.63) is 72.8 Å². The molecule has 1 aromatic heterocycles. The van der Waals surface area contributed by atoms with Crippen molar-refractivity contribution in [2.75, 3.05) is 13.2 Å². The van der Waals surface area contributed by atoms with Crippen molar-refractivity contribution in [2.45, 2.75) is 35.4 Å². The number of carbonyl (C=O) groups is 1. The molecule has 1 atom stereocenters. The van der Waals surface area contributed by atoms with Crippen molar-refractivity contribution in [3.63, 3.8) is 0 Å². The molecule has 0 spiro atoms. The second-order valence-electron chi connectivity index (χ2n) is 7.55. The second kappa shape index (κ2) is 8.64. The van der Waals surface area contributed by atoms with Crippen LogP contribution in [0, 0.1) is 0 Å². The molecular weight excluding hydrogens is 416 g/mol. The van der Waals surface area contributed by atoms with Gasteiger partial charge >= 0.3 is 0 Å². The Morgan fingerprint density at radius 2 is 1.65 bits per heavy atom. The molecule has 0 radical (unpaired) electrons. The number of hydrogen-bond acceptors (Lipinski definition) is 6. The number of sulfone groups is 1. The molecule has 1 N–H and O–H groups in total. The summed E-state index contributed by atoms with van der Waals surface area (Å²) >= 11 is 0. The monoisotopic (exact) mass is 440 g/mol.